The van der Waals surface area contributed by atoms with E-state index in [2.05, 4.69) is 4.74 Å². The molecule has 1 atom stereocenters. The van der Waals surface area contributed by atoms with Crippen LogP contribution >= 0.6 is 0 Å². The molecule has 0 spiro atoms. The van der Waals surface area contributed by atoms with E-state index in [4.69, 9.17) is 5.11 Å². The molecule has 1 aromatic rings. The number of hydrogen-bond donors (Lipinski definition) is 1. The number of ether oxygens (including phenoxy) is 1. The van der Waals surface area contributed by atoms with Crippen molar-refractivity contribution in [2.24, 2.45) is 0 Å². The molecule has 1 N–H and O–H groups in total. The Bertz CT molecular complexity index is 589. The highest BCUT2D eigenvalue weighted by molar-refractivity contribution is 6.22. The minimum absolute atomic E-state index is 0.187. The zero-order valence-electron chi connectivity index (χ0n) is 11.2. The number of hydrogen-bond acceptors (Lipinski definition) is 5. The van der Waals surface area contributed by atoms with E-state index in [0.29, 0.717) is 0 Å². The van der Waals surface area contributed by atoms with Gasteiger partial charge in [0.15, 0.2) is 0 Å². The van der Waals surface area contributed by atoms with E-state index in [9.17, 15) is 19.2 Å². The number of carbonyl (C=O) groups is 4. The van der Waals surface area contributed by atoms with Gasteiger partial charge in [-0.15, -0.1) is 0 Å². The van der Waals surface area contributed by atoms with Crippen molar-refractivity contribution in [3.8, 4) is 0 Å². The van der Waals surface area contributed by atoms with Crippen LogP contribution in [0.15, 0.2) is 24.3 Å². The quantitative estimate of drug-likeness (QED) is 0.632. The van der Waals surface area contributed by atoms with Crippen molar-refractivity contribution in [3.05, 3.63) is 35.4 Å². The van der Waals surface area contributed by atoms with E-state index < -0.39 is 29.8 Å². The Kier molecular flexibility index (Phi) is 4.02. The molecule has 0 saturated heterocycles. The van der Waals surface area contributed by atoms with Crippen LogP contribution in [0.2, 0.25) is 0 Å². The van der Waals surface area contributed by atoms with E-state index in [1.165, 1.54) is 12.1 Å². The lowest BCUT2D eigenvalue weighted by atomic mass is 10.1. The van der Waals surface area contributed by atoms with E-state index in [-0.39, 0.29) is 24.0 Å². The minimum Gasteiger partial charge on any atom is -0.481 e. The van der Waals surface area contributed by atoms with Crippen LogP contribution in [0.25, 0.3) is 0 Å². The molecule has 110 valence electrons. The normalized spacial score (nSPS) is 14.8. The molecule has 0 fully saturated rings. The Hall–Kier alpha value is -2.70. The second-order valence-corrected chi connectivity index (χ2v) is 4.50. The molecule has 2 amide bonds. The Balaban J connectivity index is 2.33. The lowest BCUT2D eigenvalue weighted by molar-refractivity contribution is -0.146. The van der Waals surface area contributed by atoms with E-state index in [1.54, 1.807) is 12.1 Å². The third-order valence-electron chi connectivity index (χ3n) is 3.24. The Labute approximate surface area is 120 Å². The van der Waals surface area contributed by atoms with E-state index >= 15 is 0 Å². The summed E-state index contributed by atoms with van der Waals surface area (Å²) >= 11 is 0. The van der Waals surface area contributed by atoms with Crippen molar-refractivity contribution in [3.63, 3.8) is 0 Å². The van der Waals surface area contributed by atoms with Gasteiger partial charge in [-0.05, 0) is 18.6 Å². The van der Waals surface area contributed by atoms with Crippen LogP contribution in [-0.2, 0) is 14.3 Å². The fourth-order valence-corrected chi connectivity index (χ4v) is 2.24. The average Bonchev–Trinajstić information content (AvgIpc) is 2.72. The van der Waals surface area contributed by atoms with Gasteiger partial charge in [0.25, 0.3) is 11.8 Å². The molecule has 0 aromatic heterocycles. The minimum atomic E-state index is -1.24. The molecule has 0 unspecified atom stereocenters. The first-order valence-electron chi connectivity index (χ1n) is 6.24. The van der Waals surface area contributed by atoms with Gasteiger partial charge >= 0.3 is 11.9 Å². The molecule has 2 rings (SSSR count). The molecule has 0 saturated carbocycles. The zero-order valence-corrected chi connectivity index (χ0v) is 11.2. The van der Waals surface area contributed by atoms with Crippen LogP contribution < -0.4 is 0 Å². The fourth-order valence-electron chi connectivity index (χ4n) is 2.24. The summed E-state index contributed by atoms with van der Waals surface area (Å²) in [6, 6.07) is 4.95. The van der Waals surface area contributed by atoms with Crippen molar-refractivity contribution in [1.29, 1.82) is 0 Å². The smallest absolute Gasteiger partial charge is 0.329 e. The summed E-state index contributed by atoms with van der Waals surface area (Å²) in [7, 11) is 1.12. The maximum atomic E-state index is 12.3. The summed E-state index contributed by atoms with van der Waals surface area (Å²) in [5.41, 5.74) is 0.401. The second-order valence-electron chi connectivity index (χ2n) is 4.50. The number of aliphatic carboxylic acids is 1. The molecule has 0 bridgehead atoms. The molecule has 1 aliphatic rings. The van der Waals surface area contributed by atoms with Crippen LogP contribution in [-0.4, -0.2) is 46.9 Å². The third kappa shape index (κ3) is 2.62. The number of esters is 1. The summed E-state index contributed by atoms with van der Waals surface area (Å²) in [5, 5.41) is 8.72. The van der Waals surface area contributed by atoms with Gasteiger partial charge in [-0.25, -0.2) is 4.79 Å². The van der Waals surface area contributed by atoms with Gasteiger partial charge in [-0.3, -0.25) is 19.3 Å². The number of rotatable bonds is 5. The first-order chi connectivity index (χ1) is 9.97. The largest absolute Gasteiger partial charge is 0.481 e. The van der Waals surface area contributed by atoms with Crippen molar-refractivity contribution >= 4 is 23.8 Å². The number of benzene rings is 1. The first kappa shape index (κ1) is 14.7. The first-order valence-corrected chi connectivity index (χ1v) is 6.24. The number of amides is 2. The van der Waals surface area contributed by atoms with Crippen LogP contribution in [0.4, 0.5) is 0 Å². The van der Waals surface area contributed by atoms with Crippen molar-refractivity contribution in [2.75, 3.05) is 7.11 Å². The Morgan fingerprint density at radius 1 is 1.19 bits per heavy atom. The van der Waals surface area contributed by atoms with Gasteiger partial charge in [0.2, 0.25) is 0 Å². The number of methoxy groups -OCH3 is 1. The highest BCUT2D eigenvalue weighted by atomic mass is 16.5. The summed E-state index contributed by atoms with van der Waals surface area (Å²) < 4.78 is 4.57. The predicted molar refractivity (Wildman–Crippen MR) is 69.6 cm³/mol. The van der Waals surface area contributed by atoms with Gasteiger partial charge in [-0.1, -0.05) is 12.1 Å². The number of carboxylic acid groups (broad SMARTS) is 1. The van der Waals surface area contributed by atoms with E-state index in [0.717, 1.165) is 12.0 Å². The number of fused-ring (bicyclic) bond motifs is 1. The van der Waals surface area contributed by atoms with Crippen LogP contribution in [0.5, 0.6) is 0 Å². The molecule has 0 aliphatic carbocycles. The molecule has 1 heterocycles. The van der Waals surface area contributed by atoms with Gasteiger partial charge in [0.1, 0.15) is 6.04 Å². The maximum Gasteiger partial charge on any atom is 0.329 e. The highest BCUT2D eigenvalue weighted by Gasteiger charge is 2.43. The van der Waals surface area contributed by atoms with Crippen molar-refractivity contribution in [1.82, 2.24) is 4.90 Å². The van der Waals surface area contributed by atoms with Gasteiger partial charge in [-0.2, -0.15) is 0 Å². The molecule has 7 nitrogen and oxygen atoms in total. The standard InChI is InChI=1S/C14H13NO6/c1-21-14(20)10(6-7-11(16)17)15-12(18)8-4-2-3-5-9(8)13(15)19/h2-5,10H,6-7H2,1H3,(H,16,17)/t10-/m0/s1. The zero-order chi connectivity index (χ0) is 15.6. The topological polar surface area (TPSA) is 101 Å². The number of imide groups is 1. The van der Waals surface area contributed by atoms with Crippen molar-refractivity contribution < 1.29 is 29.0 Å². The maximum absolute atomic E-state index is 12.3. The fraction of sp³-hybridized carbons (Fsp3) is 0.286. The Morgan fingerprint density at radius 2 is 1.71 bits per heavy atom. The SMILES string of the molecule is COC(=O)[C@H](CCC(=O)O)N1C(=O)c2ccccc2C1=O. The summed E-state index contributed by atoms with van der Waals surface area (Å²) in [5.74, 6) is -3.17. The van der Waals surface area contributed by atoms with Crippen molar-refractivity contribution in [2.45, 2.75) is 18.9 Å². The van der Waals surface area contributed by atoms with Crippen LogP contribution in [0.3, 0.4) is 0 Å². The number of nitrogens with zero attached hydrogens (tertiary/aromatic N) is 1. The van der Waals surface area contributed by atoms with Crippen LogP contribution in [0, 0.1) is 0 Å². The summed E-state index contributed by atoms with van der Waals surface area (Å²) in [6.45, 7) is 0. The van der Waals surface area contributed by atoms with Gasteiger partial charge < -0.3 is 9.84 Å². The average molecular weight is 291 g/mol. The third-order valence-corrected chi connectivity index (χ3v) is 3.24. The summed E-state index contributed by atoms with van der Waals surface area (Å²) in [4.78, 5) is 47.8. The molecular formula is C14H13NO6. The van der Waals surface area contributed by atoms with E-state index in [1.807, 2.05) is 0 Å². The van der Waals surface area contributed by atoms with Crippen LogP contribution in [0.1, 0.15) is 33.6 Å². The summed E-state index contributed by atoms with van der Waals surface area (Å²) in [6.07, 6.45) is -0.541. The molecule has 1 aliphatic heterocycles. The number of carbonyl (C=O) groups excluding carboxylic acids is 3. The molecule has 1 aromatic carbocycles. The second kappa shape index (κ2) is 5.74. The molecule has 21 heavy (non-hydrogen) atoms. The lowest BCUT2D eigenvalue weighted by Crippen LogP contribution is -2.45. The number of carboxylic acids is 1. The molecule has 0 radical (unpaired) electrons. The van der Waals surface area contributed by atoms with Gasteiger partial charge in [0, 0.05) is 6.42 Å². The van der Waals surface area contributed by atoms with Gasteiger partial charge in [0.05, 0.1) is 18.2 Å². The Morgan fingerprint density at radius 3 is 2.14 bits per heavy atom. The molecular weight excluding hydrogens is 278 g/mol. The predicted octanol–water partition coefficient (Wildman–Crippen LogP) is 0.689. The highest BCUT2D eigenvalue weighted by Crippen LogP contribution is 2.26. The molecule has 7 heteroatoms. The monoisotopic (exact) mass is 291 g/mol. The lowest BCUT2D eigenvalue weighted by Gasteiger charge is -2.23.